The molecule has 1 fully saturated rings. The number of ketones is 1. The van der Waals surface area contributed by atoms with Crippen LogP contribution in [0.2, 0.25) is 0 Å². The summed E-state index contributed by atoms with van der Waals surface area (Å²) >= 11 is 0. The van der Waals surface area contributed by atoms with E-state index in [4.69, 9.17) is 15.2 Å². The van der Waals surface area contributed by atoms with Crippen LogP contribution in [0.3, 0.4) is 0 Å². The molecular formula is C20H22N2O5. The highest BCUT2D eigenvalue weighted by molar-refractivity contribution is 6.00. The number of carbonyl (C=O) groups excluding carboxylic acids is 3. The molecular weight excluding hydrogens is 348 g/mol. The highest BCUT2D eigenvalue weighted by atomic mass is 16.5. The molecule has 27 heavy (non-hydrogen) atoms. The maximum atomic E-state index is 12.5. The summed E-state index contributed by atoms with van der Waals surface area (Å²) in [5.41, 5.74) is 7.87. The normalized spacial score (nSPS) is 13.3. The van der Waals surface area contributed by atoms with E-state index in [1.54, 1.807) is 0 Å². The molecule has 0 radical (unpaired) electrons. The van der Waals surface area contributed by atoms with E-state index in [0.29, 0.717) is 17.4 Å². The van der Waals surface area contributed by atoms with Crippen molar-refractivity contribution >= 4 is 17.7 Å². The Kier molecular flexibility index (Phi) is 5.30. The lowest BCUT2D eigenvalue weighted by Gasteiger charge is -2.08. The monoisotopic (exact) mass is 370 g/mol. The lowest BCUT2D eigenvalue weighted by atomic mass is 10.1. The lowest BCUT2D eigenvalue weighted by molar-refractivity contribution is -0.119. The van der Waals surface area contributed by atoms with Crippen LogP contribution in [0.5, 0.6) is 5.75 Å². The molecule has 1 aliphatic carbocycles. The number of hydrogen-bond acceptors (Lipinski definition) is 5. The third-order valence-corrected chi connectivity index (χ3v) is 4.50. The average Bonchev–Trinajstić information content (AvgIpc) is 3.43. The molecule has 1 heterocycles. The Balaban J connectivity index is 1.58. The number of primary amides is 1. The van der Waals surface area contributed by atoms with E-state index >= 15 is 0 Å². The molecule has 0 bridgehead atoms. The van der Waals surface area contributed by atoms with E-state index in [1.165, 1.54) is 24.3 Å². The fourth-order valence-electron chi connectivity index (χ4n) is 3.09. The molecule has 3 rings (SSSR count). The van der Waals surface area contributed by atoms with Crippen molar-refractivity contribution in [1.29, 1.82) is 0 Å². The zero-order chi connectivity index (χ0) is 19.6. The Hall–Kier alpha value is -3.09. The third-order valence-electron chi connectivity index (χ3n) is 4.50. The van der Waals surface area contributed by atoms with Crippen molar-refractivity contribution in [3.8, 4) is 5.75 Å². The first-order valence-corrected chi connectivity index (χ1v) is 8.76. The first kappa shape index (κ1) is 18.7. The minimum absolute atomic E-state index is 0.218. The van der Waals surface area contributed by atoms with E-state index in [1.807, 2.05) is 19.9 Å². The van der Waals surface area contributed by atoms with Gasteiger partial charge in [-0.15, -0.1) is 0 Å². The van der Waals surface area contributed by atoms with Crippen LogP contribution in [-0.4, -0.2) is 35.4 Å². The van der Waals surface area contributed by atoms with Gasteiger partial charge in [-0.05, 0) is 57.0 Å². The summed E-state index contributed by atoms with van der Waals surface area (Å²) in [6, 6.07) is 8.41. The standard InChI is InChI=1S/C20H22N2O5/c1-12-9-17(13(2)22(12)15-5-6-15)18(23)10-27-20(25)14-3-7-16(8-4-14)26-11-19(21)24/h3-4,7-9,15H,5-6,10-11H2,1-2H3,(H2,21,24). The summed E-state index contributed by atoms with van der Waals surface area (Å²) in [5, 5.41) is 0. The Labute approximate surface area is 157 Å². The van der Waals surface area contributed by atoms with Crippen LogP contribution in [0.4, 0.5) is 0 Å². The maximum Gasteiger partial charge on any atom is 0.338 e. The van der Waals surface area contributed by atoms with Gasteiger partial charge in [0.2, 0.25) is 5.78 Å². The highest BCUT2D eigenvalue weighted by Gasteiger charge is 2.28. The van der Waals surface area contributed by atoms with Gasteiger partial charge < -0.3 is 19.8 Å². The van der Waals surface area contributed by atoms with Crippen molar-refractivity contribution in [1.82, 2.24) is 4.57 Å². The molecule has 0 saturated heterocycles. The summed E-state index contributed by atoms with van der Waals surface area (Å²) < 4.78 is 12.5. The van der Waals surface area contributed by atoms with Crippen molar-refractivity contribution in [3.63, 3.8) is 0 Å². The molecule has 0 atom stereocenters. The average molecular weight is 370 g/mol. The molecule has 1 aromatic heterocycles. The highest BCUT2D eigenvalue weighted by Crippen LogP contribution is 2.38. The van der Waals surface area contributed by atoms with Crippen LogP contribution in [-0.2, 0) is 9.53 Å². The fraction of sp³-hybridized carbons (Fsp3) is 0.350. The zero-order valence-electron chi connectivity index (χ0n) is 15.4. The second-order valence-electron chi connectivity index (χ2n) is 6.66. The minimum Gasteiger partial charge on any atom is -0.484 e. The number of aromatic nitrogens is 1. The molecule has 0 unspecified atom stereocenters. The zero-order valence-corrected chi connectivity index (χ0v) is 15.4. The van der Waals surface area contributed by atoms with E-state index < -0.39 is 11.9 Å². The number of ether oxygens (including phenoxy) is 2. The van der Waals surface area contributed by atoms with Gasteiger partial charge in [-0.3, -0.25) is 9.59 Å². The van der Waals surface area contributed by atoms with Gasteiger partial charge in [-0.1, -0.05) is 0 Å². The number of nitrogens with zero attached hydrogens (tertiary/aromatic N) is 1. The van der Waals surface area contributed by atoms with Gasteiger partial charge in [0.25, 0.3) is 5.91 Å². The molecule has 2 aromatic rings. The minimum atomic E-state index is -0.596. The number of hydrogen-bond donors (Lipinski definition) is 1. The van der Waals surface area contributed by atoms with E-state index in [-0.39, 0.29) is 24.6 Å². The maximum absolute atomic E-state index is 12.5. The van der Waals surface area contributed by atoms with Crippen LogP contribution >= 0.6 is 0 Å². The SMILES string of the molecule is Cc1cc(C(=O)COC(=O)c2ccc(OCC(N)=O)cc2)c(C)n1C1CC1. The number of carbonyl (C=O) groups is 3. The molecule has 1 amide bonds. The topological polar surface area (TPSA) is 101 Å². The van der Waals surface area contributed by atoms with Crippen molar-refractivity contribution in [2.45, 2.75) is 32.7 Å². The van der Waals surface area contributed by atoms with E-state index in [0.717, 1.165) is 24.2 Å². The van der Waals surface area contributed by atoms with Gasteiger partial charge in [-0.25, -0.2) is 4.79 Å². The largest absolute Gasteiger partial charge is 0.484 e. The summed E-state index contributed by atoms with van der Waals surface area (Å²) in [6.07, 6.45) is 2.27. The summed E-state index contributed by atoms with van der Waals surface area (Å²) in [6.45, 7) is 3.35. The molecule has 7 nitrogen and oxygen atoms in total. The first-order chi connectivity index (χ1) is 12.9. The Morgan fingerprint density at radius 2 is 1.78 bits per heavy atom. The molecule has 1 aliphatic rings. The number of benzene rings is 1. The predicted molar refractivity (Wildman–Crippen MR) is 97.9 cm³/mol. The van der Waals surface area contributed by atoms with Gasteiger partial charge >= 0.3 is 5.97 Å². The summed E-state index contributed by atoms with van der Waals surface area (Å²) in [5.74, 6) is -0.988. The van der Waals surface area contributed by atoms with Gasteiger partial charge in [0, 0.05) is 23.0 Å². The fourth-order valence-corrected chi connectivity index (χ4v) is 3.09. The molecule has 1 saturated carbocycles. The molecule has 0 spiro atoms. The number of aryl methyl sites for hydroxylation is 1. The van der Waals surface area contributed by atoms with Gasteiger partial charge in [0.15, 0.2) is 13.2 Å². The molecule has 0 aliphatic heterocycles. The molecule has 7 heteroatoms. The quantitative estimate of drug-likeness (QED) is 0.568. The van der Waals surface area contributed by atoms with Crippen molar-refractivity contribution in [2.75, 3.05) is 13.2 Å². The van der Waals surface area contributed by atoms with Crippen LogP contribution in [0.15, 0.2) is 30.3 Å². The Bertz CT molecular complexity index is 879. The Morgan fingerprint density at radius 1 is 1.11 bits per heavy atom. The Morgan fingerprint density at radius 3 is 2.37 bits per heavy atom. The van der Waals surface area contributed by atoms with Gasteiger partial charge in [0.1, 0.15) is 5.75 Å². The van der Waals surface area contributed by atoms with Crippen LogP contribution in [0.1, 0.15) is 51.0 Å². The van der Waals surface area contributed by atoms with Crippen molar-refractivity contribution in [2.24, 2.45) is 5.73 Å². The van der Waals surface area contributed by atoms with Crippen LogP contribution < -0.4 is 10.5 Å². The number of nitrogens with two attached hydrogens (primary N) is 1. The molecule has 1 aromatic carbocycles. The summed E-state index contributed by atoms with van der Waals surface area (Å²) in [7, 11) is 0. The number of rotatable bonds is 8. The smallest absolute Gasteiger partial charge is 0.338 e. The van der Waals surface area contributed by atoms with E-state index in [2.05, 4.69) is 4.57 Å². The van der Waals surface area contributed by atoms with Crippen LogP contribution in [0.25, 0.3) is 0 Å². The second-order valence-corrected chi connectivity index (χ2v) is 6.66. The number of Topliss-reactive ketones (excluding diaryl/α,β-unsaturated/α-hetero) is 1. The molecule has 2 N–H and O–H groups in total. The summed E-state index contributed by atoms with van der Waals surface area (Å²) in [4.78, 5) is 35.3. The van der Waals surface area contributed by atoms with E-state index in [9.17, 15) is 14.4 Å². The van der Waals surface area contributed by atoms with Crippen LogP contribution in [0, 0.1) is 13.8 Å². The lowest BCUT2D eigenvalue weighted by Crippen LogP contribution is -2.20. The molecule has 142 valence electrons. The van der Waals surface area contributed by atoms with Gasteiger partial charge in [0.05, 0.1) is 5.56 Å². The van der Waals surface area contributed by atoms with Crippen molar-refractivity contribution in [3.05, 3.63) is 52.8 Å². The first-order valence-electron chi connectivity index (χ1n) is 8.76. The van der Waals surface area contributed by atoms with Crippen molar-refractivity contribution < 1.29 is 23.9 Å². The number of esters is 1. The van der Waals surface area contributed by atoms with Gasteiger partial charge in [-0.2, -0.15) is 0 Å². The third kappa shape index (κ3) is 4.36. The number of amides is 1. The predicted octanol–water partition coefficient (Wildman–Crippen LogP) is 2.34. The second kappa shape index (κ2) is 7.65.